The molecule has 0 aliphatic carbocycles. The molecule has 1 rings (SSSR count). The highest BCUT2D eigenvalue weighted by atomic mass is 16.4. The van der Waals surface area contributed by atoms with Crippen LogP contribution in [0.1, 0.15) is 44.9 Å². The Morgan fingerprint density at radius 2 is 1.78 bits per heavy atom. The smallest absolute Gasteiger partial charge is 0.320 e. The van der Waals surface area contributed by atoms with Crippen LogP contribution in [-0.4, -0.2) is 17.1 Å². The molecule has 0 bridgehead atoms. The zero-order chi connectivity index (χ0) is 13.7. The number of hydrogen-bond acceptors (Lipinski definition) is 2. The van der Waals surface area contributed by atoms with Crippen LogP contribution in [0.3, 0.4) is 0 Å². The molecule has 0 fully saturated rings. The maximum atomic E-state index is 11.1. The fourth-order valence-corrected chi connectivity index (χ4v) is 1.96. The molecular weight excluding hydrogens is 226 g/mol. The third-order valence-corrected chi connectivity index (χ3v) is 3.25. The monoisotopic (exact) mass is 249 g/mol. The van der Waals surface area contributed by atoms with Gasteiger partial charge in [-0.1, -0.05) is 45.0 Å². The van der Waals surface area contributed by atoms with Crippen LogP contribution in [0.5, 0.6) is 0 Å². The first kappa shape index (κ1) is 14.7. The first-order chi connectivity index (χ1) is 8.45. The molecule has 0 aliphatic heterocycles. The molecular formula is C15H23NO2. The molecule has 18 heavy (non-hydrogen) atoms. The Bertz CT molecular complexity index is 384. The standard InChI is InChI=1S/C15H23NO2/c1-5-12-6-8-13(9-7-12)11(4)16-14(10(2)3)15(17)18/h6-11,14,16H,5H2,1-4H3,(H,17,18). The van der Waals surface area contributed by atoms with Gasteiger partial charge in [0.05, 0.1) is 0 Å². The van der Waals surface area contributed by atoms with Gasteiger partial charge in [-0.15, -0.1) is 0 Å². The second kappa shape index (κ2) is 6.55. The van der Waals surface area contributed by atoms with E-state index in [-0.39, 0.29) is 12.0 Å². The molecule has 0 saturated carbocycles. The van der Waals surface area contributed by atoms with Crippen LogP contribution in [0, 0.1) is 5.92 Å². The molecule has 0 radical (unpaired) electrons. The fraction of sp³-hybridized carbons (Fsp3) is 0.533. The summed E-state index contributed by atoms with van der Waals surface area (Å²) in [4.78, 5) is 11.1. The van der Waals surface area contributed by atoms with Gasteiger partial charge in [-0.2, -0.15) is 0 Å². The average molecular weight is 249 g/mol. The van der Waals surface area contributed by atoms with Crippen LogP contribution < -0.4 is 5.32 Å². The molecule has 0 aliphatic rings. The van der Waals surface area contributed by atoms with Gasteiger partial charge in [-0.05, 0) is 30.4 Å². The molecule has 100 valence electrons. The van der Waals surface area contributed by atoms with Crippen molar-refractivity contribution in [2.24, 2.45) is 5.92 Å². The number of benzene rings is 1. The molecule has 2 atom stereocenters. The minimum Gasteiger partial charge on any atom is -0.480 e. The Balaban J connectivity index is 2.73. The van der Waals surface area contributed by atoms with Gasteiger partial charge >= 0.3 is 5.97 Å². The van der Waals surface area contributed by atoms with E-state index < -0.39 is 12.0 Å². The number of hydrogen-bond donors (Lipinski definition) is 2. The second-order valence-electron chi connectivity index (χ2n) is 5.04. The number of rotatable bonds is 6. The lowest BCUT2D eigenvalue weighted by molar-refractivity contribution is -0.140. The van der Waals surface area contributed by atoms with Crippen LogP contribution in [0.15, 0.2) is 24.3 Å². The fourth-order valence-electron chi connectivity index (χ4n) is 1.96. The van der Waals surface area contributed by atoms with Gasteiger partial charge in [-0.25, -0.2) is 0 Å². The highest BCUT2D eigenvalue weighted by Crippen LogP contribution is 2.16. The predicted octanol–water partition coefficient (Wildman–Crippen LogP) is 3.01. The highest BCUT2D eigenvalue weighted by molar-refractivity contribution is 5.73. The molecule has 2 N–H and O–H groups in total. The highest BCUT2D eigenvalue weighted by Gasteiger charge is 2.23. The topological polar surface area (TPSA) is 49.3 Å². The van der Waals surface area contributed by atoms with Crippen molar-refractivity contribution in [2.45, 2.75) is 46.2 Å². The lowest BCUT2D eigenvalue weighted by Gasteiger charge is -2.23. The van der Waals surface area contributed by atoms with E-state index in [1.54, 1.807) is 0 Å². The zero-order valence-electron chi connectivity index (χ0n) is 11.6. The Morgan fingerprint density at radius 1 is 1.22 bits per heavy atom. The molecule has 3 nitrogen and oxygen atoms in total. The molecule has 0 spiro atoms. The summed E-state index contributed by atoms with van der Waals surface area (Å²) >= 11 is 0. The summed E-state index contributed by atoms with van der Waals surface area (Å²) in [6.07, 6.45) is 1.02. The van der Waals surface area contributed by atoms with Crippen LogP contribution in [-0.2, 0) is 11.2 Å². The van der Waals surface area contributed by atoms with Gasteiger partial charge in [0.1, 0.15) is 6.04 Å². The summed E-state index contributed by atoms with van der Waals surface area (Å²) < 4.78 is 0. The van der Waals surface area contributed by atoms with Crippen molar-refractivity contribution in [2.75, 3.05) is 0 Å². The summed E-state index contributed by atoms with van der Waals surface area (Å²) in [5.74, 6) is -0.720. The SMILES string of the molecule is CCc1ccc(C(C)NC(C(=O)O)C(C)C)cc1. The van der Waals surface area contributed by atoms with Gasteiger partial charge in [0.15, 0.2) is 0 Å². The predicted molar refractivity (Wildman–Crippen MR) is 73.6 cm³/mol. The maximum absolute atomic E-state index is 11.1. The van der Waals surface area contributed by atoms with Gasteiger partial charge < -0.3 is 5.11 Å². The van der Waals surface area contributed by atoms with Gasteiger partial charge in [0.2, 0.25) is 0 Å². The zero-order valence-corrected chi connectivity index (χ0v) is 11.6. The Hall–Kier alpha value is -1.35. The third-order valence-electron chi connectivity index (χ3n) is 3.25. The average Bonchev–Trinajstić information content (AvgIpc) is 2.35. The van der Waals surface area contributed by atoms with Crippen molar-refractivity contribution in [1.82, 2.24) is 5.32 Å². The Labute approximate surface area is 109 Å². The van der Waals surface area contributed by atoms with E-state index in [1.165, 1.54) is 5.56 Å². The minimum atomic E-state index is -0.790. The molecule has 0 amide bonds. The van der Waals surface area contributed by atoms with Gasteiger partial charge in [-0.3, -0.25) is 10.1 Å². The molecule has 0 saturated heterocycles. The summed E-state index contributed by atoms with van der Waals surface area (Å²) in [6.45, 7) is 7.95. The van der Waals surface area contributed by atoms with Crippen molar-refractivity contribution in [3.63, 3.8) is 0 Å². The summed E-state index contributed by atoms with van der Waals surface area (Å²) in [7, 11) is 0. The number of aryl methyl sites for hydroxylation is 1. The van der Waals surface area contributed by atoms with Gasteiger partial charge in [0, 0.05) is 6.04 Å². The van der Waals surface area contributed by atoms with Crippen molar-refractivity contribution >= 4 is 5.97 Å². The van der Waals surface area contributed by atoms with Crippen LogP contribution >= 0.6 is 0 Å². The molecule has 1 aromatic rings. The van der Waals surface area contributed by atoms with E-state index in [9.17, 15) is 4.79 Å². The van der Waals surface area contributed by atoms with Crippen LogP contribution in [0.25, 0.3) is 0 Å². The summed E-state index contributed by atoms with van der Waals surface area (Å²) in [5, 5.41) is 12.3. The summed E-state index contributed by atoms with van der Waals surface area (Å²) in [5.41, 5.74) is 2.42. The Morgan fingerprint density at radius 3 is 2.17 bits per heavy atom. The first-order valence-corrected chi connectivity index (χ1v) is 6.53. The van der Waals surface area contributed by atoms with Crippen molar-refractivity contribution in [1.29, 1.82) is 0 Å². The number of carboxylic acids is 1. The third kappa shape index (κ3) is 3.84. The van der Waals surface area contributed by atoms with E-state index in [1.807, 2.05) is 20.8 Å². The normalized spacial score (nSPS) is 14.5. The number of carbonyl (C=O) groups is 1. The molecule has 2 unspecified atom stereocenters. The largest absolute Gasteiger partial charge is 0.480 e. The van der Waals surface area contributed by atoms with Crippen LogP contribution in [0.4, 0.5) is 0 Å². The van der Waals surface area contributed by atoms with E-state index in [2.05, 4.69) is 36.5 Å². The van der Waals surface area contributed by atoms with E-state index in [4.69, 9.17) is 5.11 Å². The van der Waals surface area contributed by atoms with E-state index >= 15 is 0 Å². The van der Waals surface area contributed by atoms with Crippen molar-refractivity contribution in [3.05, 3.63) is 35.4 Å². The molecule has 3 heteroatoms. The first-order valence-electron chi connectivity index (χ1n) is 6.53. The lowest BCUT2D eigenvalue weighted by atomic mass is 10.0. The number of aliphatic carboxylic acids is 1. The number of nitrogens with one attached hydrogen (secondary N) is 1. The number of carboxylic acid groups (broad SMARTS) is 1. The summed E-state index contributed by atoms with van der Waals surface area (Å²) in [6, 6.07) is 7.85. The molecule has 0 heterocycles. The Kier molecular flexibility index (Phi) is 5.35. The van der Waals surface area contributed by atoms with E-state index in [0.717, 1.165) is 12.0 Å². The minimum absolute atomic E-state index is 0.0411. The van der Waals surface area contributed by atoms with Crippen LogP contribution in [0.2, 0.25) is 0 Å². The molecule has 1 aromatic carbocycles. The van der Waals surface area contributed by atoms with Crippen molar-refractivity contribution in [3.8, 4) is 0 Å². The maximum Gasteiger partial charge on any atom is 0.320 e. The molecule has 0 aromatic heterocycles. The van der Waals surface area contributed by atoms with Crippen molar-refractivity contribution < 1.29 is 9.90 Å². The van der Waals surface area contributed by atoms with Gasteiger partial charge in [0.25, 0.3) is 0 Å². The lowest BCUT2D eigenvalue weighted by Crippen LogP contribution is -2.42. The quantitative estimate of drug-likeness (QED) is 0.814. The van der Waals surface area contributed by atoms with E-state index in [0.29, 0.717) is 0 Å². The second-order valence-corrected chi connectivity index (χ2v) is 5.04.